The highest BCUT2D eigenvalue weighted by molar-refractivity contribution is 6.17. The third-order valence-corrected chi connectivity index (χ3v) is 3.88. The first-order chi connectivity index (χ1) is 8.36. The van der Waals surface area contributed by atoms with Gasteiger partial charge in [-0.05, 0) is 19.3 Å². The normalized spacial score (nSPS) is 44.6. The molecule has 0 spiro atoms. The molecule has 17 heavy (non-hydrogen) atoms. The second-order valence-electron chi connectivity index (χ2n) is 5.01. The Bertz CT molecular complexity index is 263. The summed E-state index contributed by atoms with van der Waals surface area (Å²) >= 11 is 5.55. The van der Waals surface area contributed by atoms with Gasteiger partial charge in [0.15, 0.2) is 6.29 Å². The average Bonchev–Trinajstić information content (AvgIpc) is 2.98. The van der Waals surface area contributed by atoms with E-state index in [1.165, 1.54) is 0 Å². The van der Waals surface area contributed by atoms with E-state index < -0.39 is 0 Å². The van der Waals surface area contributed by atoms with Gasteiger partial charge < -0.3 is 18.9 Å². The molecule has 3 rings (SSSR count). The molecule has 0 unspecified atom stereocenters. The molecule has 2 saturated heterocycles. The van der Waals surface area contributed by atoms with Gasteiger partial charge in [0.2, 0.25) is 0 Å². The quantitative estimate of drug-likeness (QED) is 0.428. The van der Waals surface area contributed by atoms with Crippen molar-refractivity contribution in [1.29, 1.82) is 0 Å². The van der Waals surface area contributed by atoms with Gasteiger partial charge in [0.1, 0.15) is 6.10 Å². The Hall–Kier alpha value is 0.130. The molecule has 5 heteroatoms. The minimum absolute atomic E-state index is 0.0512. The number of rotatable bonds is 5. The molecule has 3 aliphatic rings. The third-order valence-electron chi connectivity index (χ3n) is 3.73. The smallest absolute Gasteiger partial charge is 0.161 e. The van der Waals surface area contributed by atoms with Gasteiger partial charge in [0.05, 0.1) is 32.0 Å². The molecule has 0 N–H and O–H groups in total. The van der Waals surface area contributed by atoms with Crippen molar-refractivity contribution in [3.63, 3.8) is 0 Å². The van der Waals surface area contributed by atoms with E-state index >= 15 is 0 Å². The average molecular weight is 263 g/mol. The van der Waals surface area contributed by atoms with E-state index in [1.54, 1.807) is 0 Å². The number of halogens is 1. The van der Waals surface area contributed by atoms with E-state index in [0.29, 0.717) is 43.8 Å². The molecule has 4 nitrogen and oxygen atoms in total. The highest BCUT2D eigenvalue weighted by Crippen LogP contribution is 2.42. The Balaban J connectivity index is 1.40. The highest BCUT2D eigenvalue weighted by Gasteiger charge is 2.47. The molecule has 0 amide bonds. The highest BCUT2D eigenvalue weighted by atomic mass is 35.5. The summed E-state index contributed by atoms with van der Waals surface area (Å²) in [7, 11) is 0. The van der Waals surface area contributed by atoms with Crippen LogP contribution in [0.3, 0.4) is 0 Å². The van der Waals surface area contributed by atoms with E-state index in [0.717, 1.165) is 19.3 Å². The molecule has 2 aliphatic heterocycles. The second-order valence-corrected chi connectivity index (χ2v) is 5.39. The molecule has 98 valence electrons. The van der Waals surface area contributed by atoms with Gasteiger partial charge in [0.25, 0.3) is 0 Å². The molecular formula is C12H19ClO4. The van der Waals surface area contributed by atoms with E-state index in [-0.39, 0.29) is 12.4 Å². The van der Waals surface area contributed by atoms with Crippen LogP contribution in [-0.4, -0.2) is 50.3 Å². The van der Waals surface area contributed by atoms with Gasteiger partial charge in [-0.15, -0.1) is 11.6 Å². The van der Waals surface area contributed by atoms with Gasteiger partial charge >= 0.3 is 0 Å². The Morgan fingerprint density at radius 1 is 1.18 bits per heavy atom. The Morgan fingerprint density at radius 2 is 2.12 bits per heavy atom. The van der Waals surface area contributed by atoms with Crippen molar-refractivity contribution in [2.24, 2.45) is 5.92 Å². The predicted octanol–water partition coefficient (Wildman–Crippen LogP) is 1.55. The van der Waals surface area contributed by atoms with E-state index in [4.69, 9.17) is 30.5 Å². The molecule has 0 aromatic rings. The lowest BCUT2D eigenvalue weighted by molar-refractivity contribution is -0.111. The fraction of sp³-hybridized carbons (Fsp3) is 1.00. The largest absolute Gasteiger partial charge is 0.377 e. The number of epoxide rings is 1. The summed E-state index contributed by atoms with van der Waals surface area (Å²) in [6.45, 7) is 1.80. The molecule has 5 atom stereocenters. The summed E-state index contributed by atoms with van der Waals surface area (Å²) in [5, 5.41) is 0. The minimum atomic E-state index is -0.0512. The standard InChI is InChI=1S/C12H19ClO4/c13-3-4-14-6-9-7-15-12(16-9)8-1-2-10-11(5-8)17-10/h8-12H,1-7H2/t8-,9+,10-,11-,12-/m1/s1. The number of ether oxygens (including phenoxy) is 4. The van der Waals surface area contributed by atoms with Crippen LogP contribution in [0, 0.1) is 5.92 Å². The number of fused-ring (bicyclic) bond motifs is 1. The van der Waals surface area contributed by atoms with E-state index in [2.05, 4.69) is 0 Å². The van der Waals surface area contributed by atoms with Gasteiger partial charge in [-0.3, -0.25) is 0 Å². The lowest BCUT2D eigenvalue weighted by Gasteiger charge is -2.24. The maximum atomic E-state index is 5.87. The lowest BCUT2D eigenvalue weighted by atomic mass is 9.89. The second kappa shape index (κ2) is 5.41. The van der Waals surface area contributed by atoms with Crippen LogP contribution in [0.1, 0.15) is 19.3 Å². The first kappa shape index (κ1) is 12.2. The first-order valence-corrected chi connectivity index (χ1v) is 6.96. The fourth-order valence-electron chi connectivity index (χ4n) is 2.76. The first-order valence-electron chi connectivity index (χ1n) is 6.43. The zero-order chi connectivity index (χ0) is 11.7. The Labute approximate surface area is 106 Å². The summed E-state index contributed by atoms with van der Waals surface area (Å²) in [6, 6.07) is 0. The maximum Gasteiger partial charge on any atom is 0.161 e. The topological polar surface area (TPSA) is 40.2 Å². The fourth-order valence-corrected chi connectivity index (χ4v) is 2.87. The summed E-state index contributed by atoms with van der Waals surface area (Å²) in [5.74, 6) is 1.02. The Kier molecular flexibility index (Phi) is 3.87. The maximum absolute atomic E-state index is 5.87. The molecule has 3 fully saturated rings. The molecular weight excluding hydrogens is 244 g/mol. The zero-order valence-electron chi connectivity index (χ0n) is 9.85. The summed E-state index contributed by atoms with van der Waals surface area (Å²) in [6.07, 6.45) is 4.44. The van der Waals surface area contributed by atoms with Crippen molar-refractivity contribution in [3.8, 4) is 0 Å². The van der Waals surface area contributed by atoms with Crippen molar-refractivity contribution in [1.82, 2.24) is 0 Å². The number of hydrogen-bond acceptors (Lipinski definition) is 4. The number of alkyl halides is 1. The third kappa shape index (κ3) is 2.93. The Morgan fingerprint density at radius 3 is 2.94 bits per heavy atom. The minimum Gasteiger partial charge on any atom is -0.377 e. The van der Waals surface area contributed by atoms with Crippen molar-refractivity contribution in [2.45, 2.75) is 43.9 Å². The van der Waals surface area contributed by atoms with Crippen LogP contribution in [0.2, 0.25) is 0 Å². The van der Waals surface area contributed by atoms with E-state index in [1.807, 2.05) is 0 Å². The van der Waals surface area contributed by atoms with Crippen molar-refractivity contribution in [3.05, 3.63) is 0 Å². The summed E-state index contributed by atoms with van der Waals surface area (Å²) in [4.78, 5) is 0. The zero-order valence-corrected chi connectivity index (χ0v) is 10.6. The van der Waals surface area contributed by atoms with Crippen LogP contribution in [0.4, 0.5) is 0 Å². The van der Waals surface area contributed by atoms with Crippen LogP contribution in [0.5, 0.6) is 0 Å². The number of hydrogen-bond donors (Lipinski definition) is 0. The molecule has 0 radical (unpaired) electrons. The van der Waals surface area contributed by atoms with E-state index in [9.17, 15) is 0 Å². The molecule has 1 saturated carbocycles. The van der Waals surface area contributed by atoms with Crippen LogP contribution in [-0.2, 0) is 18.9 Å². The van der Waals surface area contributed by atoms with Crippen LogP contribution in [0.15, 0.2) is 0 Å². The van der Waals surface area contributed by atoms with Crippen LogP contribution < -0.4 is 0 Å². The summed E-state index contributed by atoms with van der Waals surface area (Å²) < 4.78 is 22.5. The molecule has 0 aromatic carbocycles. The molecule has 0 aromatic heterocycles. The summed E-state index contributed by atoms with van der Waals surface area (Å²) in [5.41, 5.74) is 0. The van der Waals surface area contributed by atoms with Gasteiger partial charge in [-0.25, -0.2) is 0 Å². The van der Waals surface area contributed by atoms with Crippen LogP contribution in [0.25, 0.3) is 0 Å². The van der Waals surface area contributed by atoms with Crippen LogP contribution >= 0.6 is 11.6 Å². The van der Waals surface area contributed by atoms with Gasteiger partial charge in [-0.1, -0.05) is 0 Å². The SMILES string of the molecule is ClCCOC[C@H]1CO[C@@H]([C@@H]2CC[C@H]3O[C@@H]3C2)O1. The van der Waals surface area contributed by atoms with Gasteiger partial charge in [0, 0.05) is 11.8 Å². The van der Waals surface area contributed by atoms with Crippen molar-refractivity contribution >= 4 is 11.6 Å². The molecule has 2 heterocycles. The van der Waals surface area contributed by atoms with Crippen molar-refractivity contribution < 1.29 is 18.9 Å². The molecule has 0 bridgehead atoms. The van der Waals surface area contributed by atoms with Gasteiger partial charge in [-0.2, -0.15) is 0 Å². The monoisotopic (exact) mass is 262 g/mol. The molecule has 1 aliphatic carbocycles. The lowest BCUT2D eigenvalue weighted by Crippen LogP contribution is -2.28. The predicted molar refractivity (Wildman–Crippen MR) is 62.2 cm³/mol. The van der Waals surface area contributed by atoms with Crippen molar-refractivity contribution in [2.75, 3.05) is 25.7 Å².